The van der Waals surface area contributed by atoms with Gasteiger partial charge >= 0.3 is 0 Å². The quantitative estimate of drug-likeness (QED) is 0.539. The molecule has 1 aliphatic carbocycles. The smallest absolute Gasteiger partial charge is 0.293 e. The van der Waals surface area contributed by atoms with Crippen LogP contribution in [0.1, 0.15) is 32.1 Å². The molecule has 2 saturated heterocycles. The Bertz CT molecular complexity index is 1220. The number of hydrogen-bond acceptors (Lipinski definition) is 9. The average Bonchev–Trinajstić information content (AvgIpc) is 3.28. The van der Waals surface area contributed by atoms with Gasteiger partial charge in [-0.1, -0.05) is 0 Å². The Kier molecular flexibility index (Phi) is 5.61. The van der Waals surface area contributed by atoms with Crippen molar-refractivity contribution in [2.24, 2.45) is 5.41 Å². The van der Waals surface area contributed by atoms with Crippen molar-refractivity contribution >= 4 is 23.2 Å². The summed E-state index contributed by atoms with van der Waals surface area (Å²) in [6.45, 7) is 4.86. The first-order valence-electron chi connectivity index (χ1n) is 12.4. The number of pyridine rings is 2. The van der Waals surface area contributed by atoms with E-state index in [0.29, 0.717) is 25.3 Å². The second kappa shape index (κ2) is 8.80. The SMILES string of the molecule is O=COC1CCC1(O)CN1CCC2(CCN(c3nc(-c4ccncc4)nc4cnccc34)CC2)C1. The standard InChI is InChI=1S/C26H30N6O3/c33-18-35-22-1-5-26(22,34)17-31-12-6-25(16-31)7-13-32(14-8-25)24-20-4-11-28-15-21(20)29-23(30-24)19-2-9-27-10-3-19/h2-4,9-11,15,18,22,34H,1,5-8,12-14,16-17H2. The van der Waals surface area contributed by atoms with Crippen LogP contribution in [0.15, 0.2) is 43.0 Å². The van der Waals surface area contributed by atoms with Gasteiger partial charge in [0.05, 0.1) is 11.7 Å². The summed E-state index contributed by atoms with van der Waals surface area (Å²) in [6, 6.07) is 5.86. The van der Waals surface area contributed by atoms with E-state index in [4.69, 9.17) is 14.7 Å². The van der Waals surface area contributed by atoms with Crippen LogP contribution in [0.4, 0.5) is 5.82 Å². The Morgan fingerprint density at radius 1 is 1.03 bits per heavy atom. The predicted molar refractivity (Wildman–Crippen MR) is 131 cm³/mol. The van der Waals surface area contributed by atoms with Gasteiger partial charge in [0.1, 0.15) is 17.5 Å². The third-order valence-electron chi connectivity index (χ3n) is 8.21. The molecular weight excluding hydrogens is 444 g/mol. The van der Waals surface area contributed by atoms with E-state index in [2.05, 4.69) is 19.8 Å². The zero-order valence-corrected chi connectivity index (χ0v) is 19.7. The molecule has 182 valence electrons. The number of carbonyl (C=O) groups excluding carboxylic acids is 1. The molecule has 6 rings (SSSR count). The van der Waals surface area contributed by atoms with Gasteiger partial charge in [0.15, 0.2) is 5.82 Å². The molecule has 9 heteroatoms. The molecule has 9 nitrogen and oxygen atoms in total. The van der Waals surface area contributed by atoms with Gasteiger partial charge in [-0.2, -0.15) is 0 Å². The Labute approximate surface area is 204 Å². The first-order chi connectivity index (χ1) is 17.1. The lowest BCUT2D eigenvalue weighted by Gasteiger charge is -2.46. The fourth-order valence-electron chi connectivity index (χ4n) is 6.02. The number of nitrogens with zero attached hydrogens (tertiary/aromatic N) is 6. The number of fused-ring (bicyclic) bond motifs is 1. The largest absolute Gasteiger partial charge is 0.461 e. The van der Waals surface area contributed by atoms with E-state index in [1.165, 1.54) is 0 Å². The molecule has 1 saturated carbocycles. The summed E-state index contributed by atoms with van der Waals surface area (Å²) in [5.41, 5.74) is 1.15. The number of β-amino-alcohol motifs (C(OH)–C–C–N with tert-alkyl or cyclic N) is 1. The van der Waals surface area contributed by atoms with Crippen LogP contribution >= 0.6 is 0 Å². The number of anilines is 1. The lowest BCUT2D eigenvalue weighted by molar-refractivity contribution is -0.182. The molecule has 2 atom stereocenters. The number of ether oxygens (including phenoxy) is 1. The van der Waals surface area contributed by atoms with Crippen molar-refractivity contribution in [1.82, 2.24) is 24.8 Å². The van der Waals surface area contributed by atoms with Gasteiger partial charge in [-0.25, -0.2) is 9.97 Å². The second-order valence-corrected chi connectivity index (χ2v) is 10.3. The number of carbonyl (C=O) groups is 1. The van der Waals surface area contributed by atoms with Gasteiger partial charge in [-0.05, 0) is 62.3 Å². The van der Waals surface area contributed by atoms with Gasteiger partial charge in [0.25, 0.3) is 6.47 Å². The molecule has 0 aromatic carbocycles. The lowest BCUT2D eigenvalue weighted by Crippen LogP contribution is -2.59. The normalized spacial score (nSPS) is 26.1. The number of likely N-dealkylation sites (tertiary alicyclic amines) is 1. The van der Waals surface area contributed by atoms with Crippen LogP contribution in [0.25, 0.3) is 22.3 Å². The summed E-state index contributed by atoms with van der Waals surface area (Å²) < 4.78 is 5.10. The van der Waals surface area contributed by atoms with Gasteiger partial charge in [0, 0.05) is 55.7 Å². The van der Waals surface area contributed by atoms with E-state index in [1.54, 1.807) is 24.8 Å². The number of rotatable bonds is 6. The summed E-state index contributed by atoms with van der Waals surface area (Å²) in [7, 11) is 0. The Morgan fingerprint density at radius 3 is 2.54 bits per heavy atom. The monoisotopic (exact) mass is 474 g/mol. The fraction of sp³-hybridized carbons (Fsp3) is 0.500. The van der Waals surface area contributed by atoms with E-state index in [-0.39, 0.29) is 11.5 Å². The van der Waals surface area contributed by atoms with E-state index in [0.717, 1.165) is 74.1 Å². The first-order valence-corrected chi connectivity index (χ1v) is 12.4. The van der Waals surface area contributed by atoms with Crippen LogP contribution in [0, 0.1) is 5.41 Å². The van der Waals surface area contributed by atoms with E-state index >= 15 is 0 Å². The molecule has 3 aliphatic rings. The molecule has 0 amide bonds. The van der Waals surface area contributed by atoms with E-state index in [9.17, 15) is 9.90 Å². The average molecular weight is 475 g/mol. The highest BCUT2D eigenvalue weighted by molar-refractivity contribution is 5.90. The molecule has 5 heterocycles. The van der Waals surface area contributed by atoms with Crippen molar-refractivity contribution in [3.63, 3.8) is 0 Å². The molecular formula is C26H30N6O3. The minimum Gasteiger partial charge on any atom is -0.461 e. The molecule has 0 radical (unpaired) electrons. The highest BCUT2D eigenvalue weighted by atomic mass is 16.5. The highest BCUT2D eigenvalue weighted by Gasteiger charge is 2.50. The minimum atomic E-state index is -0.898. The Hall–Kier alpha value is -3.17. The van der Waals surface area contributed by atoms with Crippen molar-refractivity contribution in [3.05, 3.63) is 43.0 Å². The maximum atomic E-state index is 10.9. The maximum absolute atomic E-state index is 10.9. The van der Waals surface area contributed by atoms with Crippen molar-refractivity contribution in [1.29, 1.82) is 0 Å². The molecule has 2 unspecified atom stereocenters. The topological polar surface area (TPSA) is 105 Å². The van der Waals surface area contributed by atoms with Gasteiger partial charge in [0.2, 0.25) is 0 Å². The summed E-state index contributed by atoms with van der Waals surface area (Å²) in [5.74, 6) is 1.66. The molecule has 3 aromatic rings. The summed E-state index contributed by atoms with van der Waals surface area (Å²) in [4.78, 5) is 33.6. The number of hydrogen-bond donors (Lipinski definition) is 1. The molecule has 35 heavy (non-hydrogen) atoms. The lowest BCUT2D eigenvalue weighted by atomic mass is 9.76. The molecule has 3 fully saturated rings. The van der Waals surface area contributed by atoms with Crippen molar-refractivity contribution in [3.8, 4) is 11.4 Å². The summed E-state index contributed by atoms with van der Waals surface area (Å²) in [5, 5.41) is 11.9. The molecule has 2 aliphatic heterocycles. The minimum absolute atomic E-state index is 0.260. The van der Waals surface area contributed by atoms with Crippen LogP contribution in [0.2, 0.25) is 0 Å². The highest BCUT2D eigenvalue weighted by Crippen LogP contribution is 2.44. The van der Waals surface area contributed by atoms with E-state index in [1.807, 2.05) is 18.2 Å². The van der Waals surface area contributed by atoms with Crippen LogP contribution in [0.3, 0.4) is 0 Å². The second-order valence-electron chi connectivity index (χ2n) is 10.3. The van der Waals surface area contributed by atoms with Crippen molar-refractivity contribution in [2.45, 2.75) is 43.8 Å². The Balaban J connectivity index is 1.17. The van der Waals surface area contributed by atoms with Crippen LogP contribution in [-0.2, 0) is 9.53 Å². The molecule has 3 aromatic heterocycles. The zero-order valence-electron chi connectivity index (χ0n) is 19.7. The molecule has 1 N–H and O–H groups in total. The number of piperidine rings is 1. The van der Waals surface area contributed by atoms with Gasteiger partial charge in [-0.15, -0.1) is 0 Å². The molecule has 0 bridgehead atoms. The number of aromatic nitrogens is 4. The summed E-state index contributed by atoms with van der Waals surface area (Å²) in [6.07, 6.45) is 11.5. The third-order valence-corrected chi connectivity index (χ3v) is 8.21. The third kappa shape index (κ3) is 4.12. The first kappa shape index (κ1) is 22.3. The van der Waals surface area contributed by atoms with Crippen LogP contribution in [0.5, 0.6) is 0 Å². The van der Waals surface area contributed by atoms with Crippen molar-refractivity contribution < 1.29 is 14.6 Å². The fourth-order valence-corrected chi connectivity index (χ4v) is 6.02. The molecule has 1 spiro atoms. The van der Waals surface area contributed by atoms with E-state index < -0.39 is 5.60 Å². The number of aliphatic hydroxyl groups is 1. The Morgan fingerprint density at radius 2 is 1.80 bits per heavy atom. The predicted octanol–water partition coefficient (Wildman–Crippen LogP) is 2.45. The maximum Gasteiger partial charge on any atom is 0.293 e. The van der Waals surface area contributed by atoms with Gasteiger partial charge < -0.3 is 14.7 Å². The van der Waals surface area contributed by atoms with Crippen molar-refractivity contribution in [2.75, 3.05) is 37.6 Å². The van der Waals surface area contributed by atoms with Crippen LogP contribution < -0.4 is 4.90 Å². The zero-order chi connectivity index (χ0) is 23.9. The van der Waals surface area contributed by atoms with Gasteiger partial charge in [-0.3, -0.25) is 19.7 Å². The van der Waals surface area contributed by atoms with Crippen LogP contribution in [-0.4, -0.2) is 80.8 Å². The summed E-state index contributed by atoms with van der Waals surface area (Å²) >= 11 is 0.